The van der Waals surface area contributed by atoms with E-state index in [1.807, 2.05) is 13.8 Å². The summed E-state index contributed by atoms with van der Waals surface area (Å²) in [5, 5.41) is 0. The number of aryl methyl sites for hydroxylation is 1. The molecule has 1 heterocycles. The molecule has 0 bridgehead atoms. The Hall–Kier alpha value is -0.950. The second-order valence-corrected chi connectivity index (χ2v) is 8.89. The highest BCUT2D eigenvalue weighted by Gasteiger charge is 2.33. The molecular formula is C17H27NO4S. The second kappa shape index (κ2) is 6.51. The Labute approximate surface area is 139 Å². The number of methoxy groups -OCH3 is 1. The summed E-state index contributed by atoms with van der Waals surface area (Å²) in [6, 6.07) is 3.48. The van der Waals surface area contributed by atoms with Crippen LogP contribution in [0.1, 0.15) is 37.5 Å². The monoisotopic (exact) mass is 341 g/mol. The minimum Gasteiger partial charge on any atom is -0.377 e. The number of sulfonamides is 1. The first-order valence-corrected chi connectivity index (χ1v) is 9.29. The standard InChI is InChI=1S/C17H27NO4S/c1-11-7-13(17(3,4)5)8-16(12(11)2)23(19,20)18-14-9-22-10-15(14)21-6/h7-8,14-15,18H,9-10H2,1-6H3/t14-,15-/m0/s1. The molecule has 2 rings (SSSR count). The maximum Gasteiger partial charge on any atom is 0.241 e. The first-order chi connectivity index (χ1) is 10.6. The van der Waals surface area contributed by atoms with Gasteiger partial charge in [0, 0.05) is 7.11 Å². The van der Waals surface area contributed by atoms with Crippen molar-refractivity contribution >= 4 is 10.0 Å². The van der Waals surface area contributed by atoms with Crippen molar-refractivity contribution in [3.63, 3.8) is 0 Å². The van der Waals surface area contributed by atoms with Gasteiger partial charge in [0.05, 0.1) is 30.3 Å². The lowest BCUT2D eigenvalue weighted by Crippen LogP contribution is -2.43. The minimum atomic E-state index is -3.63. The van der Waals surface area contributed by atoms with Gasteiger partial charge in [-0.1, -0.05) is 26.8 Å². The van der Waals surface area contributed by atoms with Crippen LogP contribution in [0.25, 0.3) is 0 Å². The van der Waals surface area contributed by atoms with Gasteiger partial charge in [-0.2, -0.15) is 0 Å². The quantitative estimate of drug-likeness (QED) is 0.913. The number of hydrogen-bond donors (Lipinski definition) is 1. The molecule has 1 saturated heterocycles. The molecule has 0 unspecified atom stereocenters. The third-order valence-electron chi connectivity index (χ3n) is 4.41. The smallest absolute Gasteiger partial charge is 0.241 e. The number of ether oxygens (including phenoxy) is 2. The van der Waals surface area contributed by atoms with Crippen LogP contribution in [-0.2, 0) is 24.9 Å². The van der Waals surface area contributed by atoms with Gasteiger partial charge in [0.2, 0.25) is 10.0 Å². The molecule has 1 aliphatic heterocycles. The van der Waals surface area contributed by atoms with Crippen LogP contribution in [-0.4, -0.2) is 40.9 Å². The number of rotatable bonds is 4. The van der Waals surface area contributed by atoms with Gasteiger partial charge in [-0.3, -0.25) is 0 Å². The maximum atomic E-state index is 12.9. The average molecular weight is 341 g/mol. The number of nitrogens with one attached hydrogen (secondary N) is 1. The van der Waals surface area contributed by atoms with Gasteiger partial charge in [-0.25, -0.2) is 13.1 Å². The minimum absolute atomic E-state index is 0.117. The Morgan fingerprint density at radius 2 is 1.87 bits per heavy atom. The average Bonchev–Trinajstić information content (AvgIpc) is 2.86. The summed E-state index contributed by atoms with van der Waals surface area (Å²) in [7, 11) is -2.07. The zero-order valence-corrected chi connectivity index (χ0v) is 15.6. The third-order valence-corrected chi connectivity index (χ3v) is 6.03. The highest BCUT2D eigenvalue weighted by atomic mass is 32.2. The molecule has 1 aliphatic rings. The molecule has 1 N–H and O–H groups in total. The van der Waals surface area contributed by atoms with E-state index in [2.05, 4.69) is 31.6 Å². The van der Waals surface area contributed by atoms with Crippen LogP contribution in [0.2, 0.25) is 0 Å². The highest BCUT2D eigenvalue weighted by Crippen LogP contribution is 2.29. The third kappa shape index (κ3) is 3.94. The lowest BCUT2D eigenvalue weighted by Gasteiger charge is -2.23. The van der Waals surface area contributed by atoms with Crippen molar-refractivity contribution in [2.45, 2.75) is 57.1 Å². The SMILES string of the molecule is CO[C@H]1COC[C@@H]1NS(=O)(=O)c1cc(C(C)(C)C)cc(C)c1C. The molecule has 23 heavy (non-hydrogen) atoms. The fourth-order valence-corrected chi connectivity index (χ4v) is 4.27. The molecule has 2 atom stereocenters. The summed E-state index contributed by atoms with van der Waals surface area (Å²) in [6.07, 6.45) is -0.253. The summed E-state index contributed by atoms with van der Waals surface area (Å²) >= 11 is 0. The maximum absolute atomic E-state index is 12.9. The predicted octanol–water partition coefficient (Wildman–Crippen LogP) is 2.29. The zero-order chi connectivity index (χ0) is 17.4. The Bertz CT molecular complexity index is 677. The van der Waals surface area contributed by atoms with Crippen molar-refractivity contribution in [2.75, 3.05) is 20.3 Å². The van der Waals surface area contributed by atoms with Gasteiger partial charge < -0.3 is 9.47 Å². The van der Waals surface area contributed by atoms with E-state index in [0.717, 1.165) is 16.7 Å². The van der Waals surface area contributed by atoms with Crippen molar-refractivity contribution in [2.24, 2.45) is 0 Å². The molecule has 5 nitrogen and oxygen atoms in total. The van der Waals surface area contributed by atoms with E-state index in [-0.39, 0.29) is 17.6 Å². The topological polar surface area (TPSA) is 64.6 Å². The Kier molecular flexibility index (Phi) is 5.21. The van der Waals surface area contributed by atoms with Gasteiger partial charge in [-0.15, -0.1) is 0 Å². The number of hydrogen-bond acceptors (Lipinski definition) is 4. The molecule has 6 heteroatoms. The molecular weight excluding hydrogens is 314 g/mol. The van der Waals surface area contributed by atoms with Crippen LogP contribution < -0.4 is 4.72 Å². The summed E-state index contributed by atoms with van der Waals surface area (Å²) < 4.78 is 39.1. The van der Waals surface area contributed by atoms with E-state index < -0.39 is 10.0 Å². The lowest BCUT2D eigenvalue weighted by atomic mass is 9.85. The van der Waals surface area contributed by atoms with Gasteiger partial charge in [0.25, 0.3) is 0 Å². The van der Waals surface area contributed by atoms with Crippen LogP contribution in [0.5, 0.6) is 0 Å². The first kappa shape index (κ1) is 18.4. The van der Waals surface area contributed by atoms with Gasteiger partial charge in [0.15, 0.2) is 0 Å². The molecule has 1 aromatic rings. The molecule has 0 aromatic heterocycles. The molecule has 1 fully saturated rings. The van der Waals surface area contributed by atoms with Crippen molar-refractivity contribution < 1.29 is 17.9 Å². The first-order valence-electron chi connectivity index (χ1n) is 7.81. The van der Waals surface area contributed by atoms with Crippen molar-refractivity contribution in [1.29, 1.82) is 0 Å². The van der Waals surface area contributed by atoms with Crippen molar-refractivity contribution in [3.8, 4) is 0 Å². The van der Waals surface area contributed by atoms with Crippen LogP contribution in [0, 0.1) is 13.8 Å². The van der Waals surface area contributed by atoms with Crippen molar-refractivity contribution in [3.05, 3.63) is 28.8 Å². The van der Waals surface area contributed by atoms with E-state index in [1.54, 1.807) is 13.2 Å². The largest absolute Gasteiger partial charge is 0.377 e. The summed E-state index contributed by atoms with van der Waals surface area (Å²) in [4.78, 5) is 0.337. The van der Waals surface area contributed by atoms with Crippen molar-refractivity contribution in [1.82, 2.24) is 4.72 Å². The van der Waals surface area contributed by atoms with Gasteiger partial charge in [0.1, 0.15) is 0 Å². The molecule has 0 radical (unpaired) electrons. The van der Waals surface area contributed by atoms with E-state index in [1.165, 1.54) is 0 Å². The van der Waals surface area contributed by atoms with E-state index in [4.69, 9.17) is 9.47 Å². The van der Waals surface area contributed by atoms with E-state index in [9.17, 15) is 8.42 Å². The van der Waals surface area contributed by atoms with Crippen LogP contribution in [0.15, 0.2) is 17.0 Å². The van der Waals surface area contributed by atoms with E-state index >= 15 is 0 Å². The molecule has 130 valence electrons. The summed E-state index contributed by atoms with van der Waals surface area (Å²) in [6.45, 7) is 10.8. The fourth-order valence-electron chi connectivity index (χ4n) is 2.68. The molecule has 1 aromatic carbocycles. The summed E-state index contributed by atoms with van der Waals surface area (Å²) in [5.41, 5.74) is 2.64. The Balaban J connectivity index is 2.41. The van der Waals surface area contributed by atoms with Crippen LogP contribution in [0.4, 0.5) is 0 Å². The van der Waals surface area contributed by atoms with Crippen LogP contribution in [0.3, 0.4) is 0 Å². The lowest BCUT2D eigenvalue weighted by molar-refractivity contribution is 0.0761. The zero-order valence-electron chi connectivity index (χ0n) is 14.8. The van der Waals surface area contributed by atoms with E-state index in [0.29, 0.717) is 18.1 Å². The Morgan fingerprint density at radius 3 is 2.43 bits per heavy atom. The fraction of sp³-hybridized carbons (Fsp3) is 0.647. The van der Waals surface area contributed by atoms with Gasteiger partial charge >= 0.3 is 0 Å². The second-order valence-electron chi connectivity index (χ2n) is 7.21. The Morgan fingerprint density at radius 1 is 1.22 bits per heavy atom. The molecule has 0 saturated carbocycles. The predicted molar refractivity (Wildman–Crippen MR) is 90.3 cm³/mol. The molecule has 0 amide bonds. The molecule has 0 aliphatic carbocycles. The van der Waals surface area contributed by atoms with Gasteiger partial charge in [-0.05, 0) is 42.0 Å². The van der Waals surface area contributed by atoms with Crippen LogP contribution >= 0.6 is 0 Å². The summed E-state index contributed by atoms with van der Waals surface area (Å²) in [5.74, 6) is 0. The molecule has 0 spiro atoms. The number of benzene rings is 1. The normalized spacial score (nSPS) is 22.5. The highest BCUT2D eigenvalue weighted by molar-refractivity contribution is 7.89.